The summed E-state index contributed by atoms with van der Waals surface area (Å²) in [5, 5.41) is 21.6. The van der Waals surface area contributed by atoms with Crippen molar-refractivity contribution in [1.29, 1.82) is 0 Å². The Kier molecular flexibility index (Phi) is 3.77. The molecule has 3 nitrogen and oxygen atoms in total. The van der Waals surface area contributed by atoms with Crippen molar-refractivity contribution in [1.82, 2.24) is 0 Å². The minimum Gasteiger partial charge on any atom is -0.508 e. The Morgan fingerprint density at radius 3 is 2.64 bits per heavy atom. The van der Waals surface area contributed by atoms with E-state index in [0.717, 1.165) is 5.69 Å². The van der Waals surface area contributed by atoms with Crippen LogP contribution in [0.15, 0.2) is 24.3 Å². The van der Waals surface area contributed by atoms with Gasteiger partial charge in [-0.2, -0.15) is 0 Å². The molecule has 3 heteroatoms. The Hall–Kier alpha value is -1.22. The van der Waals surface area contributed by atoms with Gasteiger partial charge in [0.15, 0.2) is 0 Å². The first kappa shape index (κ1) is 10.9. The lowest BCUT2D eigenvalue weighted by molar-refractivity contribution is 0.179. The highest BCUT2D eigenvalue weighted by molar-refractivity contribution is 5.48. The van der Waals surface area contributed by atoms with Gasteiger partial charge in [0.05, 0.1) is 6.10 Å². The van der Waals surface area contributed by atoms with Crippen LogP contribution >= 0.6 is 0 Å². The highest BCUT2D eigenvalue weighted by Crippen LogP contribution is 2.17. The molecule has 0 radical (unpaired) electrons. The molecule has 14 heavy (non-hydrogen) atoms. The predicted molar refractivity (Wildman–Crippen MR) is 57.5 cm³/mol. The third kappa shape index (κ3) is 3.66. The average Bonchev–Trinajstić information content (AvgIpc) is 2.01. The van der Waals surface area contributed by atoms with E-state index in [0.29, 0.717) is 6.42 Å². The number of aromatic hydroxyl groups is 1. The van der Waals surface area contributed by atoms with Gasteiger partial charge in [-0.25, -0.2) is 0 Å². The Morgan fingerprint density at radius 1 is 1.36 bits per heavy atom. The second kappa shape index (κ2) is 4.86. The number of aliphatic hydroxyl groups excluding tert-OH is 1. The number of hydrogen-bond donors (Lipinski definition) is 3. The molecule has 0 aliphatic heterocycles. The van der Waals surface area contributed by atoms with Gasteiger partial charge in [-0.3, -0.25) is 0 Å². The number of benzene rings is 1. The van der Waals surface area contributed by atoms with Crippen LogP contribution < -0.4 is 5.32 Å². The highest BCUT2D eigenvalue weighted by atomic mass is 16.3. The zero-order chi connectivity index (χ0) is 10.6. The average molecular weight is 195 g/mol. The molecule has 0 saturated heterocycles. The quantitative estimate of drug-likeness (QED) is 0.688. The van der Waals surface area contributed by atoms with Crippen molar-refractivity contribution >= 4 is 5.69 Å². The second-order valence-electron chi connectivity index (χ2n) is 3.68. The van der Waals surface area contributed by atoms with E-state index < -0.39 is 0 Å². The summed E-state index contributed by atoms with van der Waals surface area (Å²) in [6, 6.07) is 7.16. The lowest BCUT2D eigenvalue weighted by Gasteiger charge is -2.16. The second-order valence-corrected chi connectivity index (χ2v) is 3.68. The Balaban J connectivity index is 2.51. The minimum absolute atomic E-state index is 0.191. The first-order valence-electron chi connectivity index (χ1n) is 4.81. The molecule has 0 fully saturated rings. The molecule has 0 spiro atoms. The number of anilines is 1. The Bertz CT molecular complexity index is 286. The molecular weight excluding hydrogens is 178 g/mol. The smallest absolute Gasteiger partial charge is 0.117 e. The van der Waals surface area contributed by atoms with Gasteiger partial charge in [-0.15, -0.1) is 0 Å². The summed E-state index contributed by atoms with van der Waals surface area (Å²) in [7, 11) is 0. The molecule has 1 rings (SSSR count). The monoisotopic (exact) mass is 195 g/mol. The third-order valence-corrected chi connectivity index (χ3v) is 1.95. The molecule has 1 aromatic rings. The van der Waals surface area contributed by atoms with E-state index in [-0.39, 0.29) is 17.9 Å². The molecule has 0 heterocycles. The maximum Gasteiger partial charge on any atom is 0.117 e. The normalized spacial score (nSPS) is 14.8. The molecule has 3 N–H and O–H groups in total. The van der Waals surface area contributed by atoms with Crippen LogP contribution in [0.1, 0.15) is 20.3 Å². The highest BCUT2D eigenvalue weighted by Gasteiger charge is 2.05. The molecule has 2 unspecified atom stereocenters. The number of rotatable bonds is 4. The maximum absolute atomic E-state index is 9.22. The van der Waals surface area contributed by atoms with Gasteiger partial charge in [0.25, 0.3) is 0 Å². The SMILES string of the molecule is CC(O)CC(C)Nc1cccc(O)c1. The fourth-order valence-electron chi connectivity index (χ4n) is 1.45. The van der Waals surface area contributed by atoms with Crippen molar-refractivity contribution in [3.63, 3.8) is 0 Å². The fourth-order valence-corrected chi connectivity index (χ4v) is 1.45. The van der Waals surface area contributed by atoms with E-state index in [1.165, 1.54) is 0 Å². The minimum atomic E-state index is -0.310. The summed E-state index contributed by atoms with van der Waals surface area (Å²) in [4.78, 5) is 0. The lowest BCUT2D eigenvalue weighted by Crippen LogP contribution is -2.20. The fraction of sp³-hybridized carbons (Fsp3) is 0.455. The van der Waals surface area contributed by atoms with Crippen molar-refractivity contribution in [2.45, 2.75) is 32.4 Å². The molecule has 2 atom stereocenters. The number of phenolic OH excluding ortho intramolecular Hbond substituents is 1. The van der Waals surface area contributed by atoms with Crippen molar-refractivity contribution in [2.24, 2.45) is 0 Å². The van der Waals surface area contributed by atoms with Crippen LogP contribution in [0.2, 0.25) is 0 Å². The van der Waals surface area contributed by atoms with E-state index in [1.54, 1.807) is 25.1 Å². The number of hydrogen-bond acceptors (Lipinski definition) is 3. The zero-order valence-electron chi connectivity index (χ0n) is 8.57. The molecule has 0 aromatic heterocycles. The number of phenols is 1. The van der Waals surface area contributed by atoms with Crippen molar-refractivity contribution in [3.05, 3.63) is 24.3 Å². The molecule has 78 valence electrons. The van der Waals surface area contributed by atoms with Crippen LogP contribution in [0.5, 0.6) is 5.75 Å². The van der Waals surface area contributed by atoms with Gasteiger partial charge in [0, 0.05) is 17.8 Å². The molecule has 0 aliphatic rings. The molecule has 0 bridgehead atoms. The molecule has 0 aliphatic carbocycles. The Morgan fingerprint density at radius 2 is 2.07 bits per heavy atom. The van der Waals surface area contributed by atoms with E-state index in [1.807, 2.05) is 13.0 Å². The van der Waals surface area contributed by atoms with Crippen molar-refractivity contribution < 1.29 is 10.2 Å². The van der Waals surface area contributed by atoms with Crippen molar-refractivity contribution in [3.8, 4) is 5.75 Å². The predicted octanol–water partition coefficient (Wildman–Crippen LogP) is 1.96. The molecule has 0 amide bonds. The van der Waals surface area contributed by atoms with Gasteiger partial charge in [0.1, 0.15) is 5.75 Å². The topological polar surface area (TPSA) is 52.5 Å². The van der Waals surface area contributed by atoms with Gasteiger partial charge >= 0.3 is 0 Å². The van der Waals surface area contributed by atoms with Gasteiger partial charge < -0.3 is 15.5 Å². The van der Waals surface area contributed by atoms with E-state index in [2.05, 4.69) is 5.32 Å². The summed E-state index contributed by atoms with van der Waals surface area (Å²) in [6.07, 6.45) is 0.380. The summed E-state index contributed by atoms with van der Waals surface area (Å²) in [5.41, 5.74) is 0.873. The summed E-state index contributed by atoms with van der Waals surface area (Å²) < 4.78 is 0. The third-order valence-electron chi connectivity index (χ3n) is 1.95. The van der Waals surface area contributed by atoms with E-state index >= 15 is 0 Å². The first-order valence-corrected chi connectivity index (χ1v) is 4.81. The van der Waals surface area contributed by atoms with Gasteiger partial charge in [0.2, 0.25) is 0 Å². The van der Waals surface area contributed by atoms with Gasteiger partial charge in [-0.05, 0) is 32.4 Å². The molecule has 1 aromatic carbocycles. The lowest BCUT2D eigenvalue weighted by atomic mass is 10.1. The summed E-state index contributed by atoms with van der Waals surface area (Å²) in [6.45, 7) is 3.76. The van der Waals surface area contributed by atoms with Crippen LogP contribution in [0.4, 0.5) is 5.69 Å². The standard InChI is InChI=1S/C11H17NO2/c1-8(6-9(2)13)12-10-4-3-5-11(14)7-10/h3-5,7-9,12-14H,6H2,1-2H3. The number of aliphatic hydroxyl groups is 1. The summed E-state index contributed by atoms with van der Waals surface area (Å²) in [5.74, 6) is 0.249. The maximum atomic E-state index is 9.22. The van der Waals surface area contributed by atoms with Gasteiger partial charge in [-0.1, -0.05) is 6.07 Å². The van der Waals surface area contributed by atoms with Crippen LogP contribution in [-0.4, -0.2) is 22.4 Å². The van der Waals surface area contributed by atoms with Crippen LogP contribution in [0, 0.1) is 0 Å². The van der Waals surface area contributed by atoms with E-state index in [9.17, 15) is 5.11 Å². The van der Waals surface area contributed by atoms with Crippen LogP contribution in [-0.2, 0) is 0 Å². The van der Waals surface area contributed by atoms with Crippen LogP contribution in [0.3, 0.4) is 0 Å². The largest absolute Gasteiger partial charge is 0.508 e. The van der Waals surface area contributed by atoms with Crippen molar-refractivity contribution in [2.75, 3.05) is 5.32 Å². The first-order chi connectivity index (χ1) is 6.58. The number of nitrogens with one attached hydrogen (secondary N) is 1. The Labute approximate surface area is 84.4 Å². The molecule has 0 saturated carbocycles. The zero-order valence-corrected chi connectivity index (χ0v) is 8.57. The summed E-state index contributed by atoms with van der Waals surface area (Å²) >= 11 is 0. The van der Waals surface area contributed by atoms with E-state index in [4.69, 9.17) is 5.11 Å². The van der Waals surface area contributed by atoms with Crippen LogP contribution in [0.25, 0.3) is 0 Å². The molecular formula is C11H17NO2.